The molecule has 0 amide bonds. The van der Waals surface area contributed by atoms with E-state index >= 15 is 0 Å². The standard InChI is InChI=1S/C18H32N6/c1-21-13-9-14-22(2)17(21)19-11-7-5-6-8-12-20-18-23(3)15-10-16-24(18)4/h9-10,13,15H,5-8,11-12,14,16H2,1-4H3. The Hall–Kier alpha value is -1.98. The zero-order valence-corrected chi connectivity index (χ0v) is 15.6. The highest BCUT2D eigenvalue weighted by Crippen LogP contribution is 2.07. The third kappa shape index (κ3) is 5.28. The van der Waals surface area contributed by atoms with Crippen molar-refractivity contribution in [1.82, 2.24) is 19.6 Å². The van der Waals surface area contributed by atoms with Gasteiger partial charge in [0.05, 0.1) is 0 Å². The second-order valence-electron chi connectivity index (χ2n) is 6.53. The Morgan fingerprint density at radius 3 is 1.50 bits per heavy atom. The molecular weight excluding hydrogens is 300 g/mol. The molecule has 0 bridgehead atoms. The maximum atomic E-state index is 4.73. The molecule has 0 aromatic rings. The second kappa shape index (κ2) is 9.35. The largest absolute Gasteiger partial charge is 0.342 e. The Balaban J connectivity index is 1.60. The maximum absolute atomic E-state index is 4.73. The molecule has 0 radical (unpaired) electrons. The van der Waals surface area contributed by atoms with E-state index in [9.17, 15) is 0 Å². The van der Waals surface area contributed by atoms with Crippen molar-refractivity contribution >= 4 is 11.9 Å². The Morgan fingerprint density at radius 2 is 1.12 bits per heavy atom. The molecule has 0 aromatic carbocycles. The first-order valence-electron chi connectivity index (χ1n) is 8.89. The van der Waals surface area contributed by atoms with E-state index in [2.05, 4.69) is 72.3 Å². The van der Waals surface area contributed by atoms with Gasteiger partial charge in [-0.25, -0.2) is 0 Å². The molecule has 0 unspecified atom stereocenters. The van der Waals surface area contributed by atoms with Gasteiger partial charge >= 0.3 is 0 Å². The number of hydrogen-bond donors (Lipinski definition) is 0. The fourth-order valence-corrected chi connectivity index (χ4v) is 2.96. The molecule has 2 aliphatic heterocycles. The summed E-state index contributed by atoms with van der Waals surface area (Å²) in [5.74, 6) is 2.14. The molecular formula is C18H32N6. The monoisotopic (exact) mass is 332 g/mol. The average Bonchev–Trinajstić information content (AvgIpc) is 2.54. The Morgan fingerprint density at radius 1 is 0.708 bits per heavy atom. The van der Waals surface area contributed by atoms with Crippen LogP contribution in [0.1, 0.15) is 25.7 Å². The van der Waals surface area contributed by atoms with Gasteiger partial charge in [-0.15, -0.1) is 0 Å². The summed E-state index contributed by atoms with van der Waals surface area (Å²) in [5.41, 5.74) is 0. The molecule has 2 heterocycles. The molecule has 6 nitrogen and oxygen atoms in total. The van der Waals surface area contributed by atoms with Crippen LogP contribution in [-0.2, 0) is 0 Å². The van der Waals surface area contributed by atoms with Gasteiger partial charge < -0.3 is 19.6 Å². The van der Waals surface area contributed by atoms with Crippen molar-refractivity contribution in [2.45, 2.75) is 25.7 Å². The normalized spacial score (nSPS) is 21.5. The zero-order chi connectivity index (χ0) is 17.4. The summed E-state index contributed by atoms with van der Waals surface area (Å²) in [7, 11) is 8.29. The molecule has 0 saturated heterocycles. The second-order valence-corrected chi connectivity index (χ2v) is 6.53. The smallest absolute Gasteiger partial charge is 0.200 e. The highest BCUT2D eigenvalue weighted by Gasteiger charge is 2.13. The molecule has 2 aliphatic rings. The lowest BCUT2D eigenvalue weighted by atomic mass is 10.2. The summed E-state index contributed by atoms with van der Waals surface area (Å²) in [6.07, 6.45) is 13.2. The molecule has 24 heavy (non-hydrogen) atoms. The lowest BCUT2D eigenvalue weighted by molar-refractivity contribution is 0.447. The Labute approximate surface area is 146 Å². The summed E-state index contributed by atoms with van der Waals surface area (Å²) < 4.78 is 0. The number of unbranched alkanes of at least 4 members (excludes halogenated alkanes) is 3. The van der Waals surface area contributed by atoms with Crippen LogP contribution in [0.25, 0.3) is 0 Å². The topological polar surface area (TPSA) is 37.7 Å². The first kappa shape index (κ1) is 18.4. The number of nitrogens with zero attached hydrogens (tertiary/aromatic N) is 6. The van der Waals surface area contributed by atoms with E-state index in [1.54, 1.807) is 0 Å². The van der Waals surface area contributed by atoms with Crippen molar-refractivity contribution < 1.29 is 0 Å². The summed E-state index contributed by atoms with van der Waals surface area (Å²) in [5, 5.41) is 0. The van der Waals surface area contributed by atoms with Crippen molar-refractivity contribution in [2.75, 3.05) is 54.4 Å². The lowest BCUT2D eigenvalue weighted by Gasteiger charge is -2.30. The van der Waals surface area contributed by atoms with E-state index in [-0.39, 0.29) is 0 Å². The van der Waals surface area contributed by atoms with E-state index in [1.807, 2.05) is 0 Å². The molecule has 134 valence electrons. The Kier molecular flexibility index (Phi) is 7.15. The minimum atomic E-state index is 0.905. The van der Waals surface area contributed by atoms with Gasteiger partial charge in [-0.05, 0) is 25.0 Å². The molecule has 0 aliphatic carbocycles. The van der Waals surface area contributed by atoms with Gasteiger partial charge in [0.15, 0.2) is 11.9 Å². The van der Waals surface area contributed by atoms with Gasteiger partial charge in [0, 0.05) is 66.8 Å². The van der Waals surface area contributed by atoms with Gasteiger partial charge in [-0.2, -0.15) is 0 Å². The lowest BCUT2D eigenvalue weighted by Crippen LogP contribution is -2.40. The van der Waals surface area contributed by atoms with Gasteiger partial charge in [-0.1, -0.05) is 12.8 Å². The van der Waals surface area contributed by atoms with Crippen molar-refractivity contribution in [3.8, 4) is 0 Å². The molecule has 2 rings (SSSR count). The fraction of sp³-hybridized carbons (Fsp3) is 0.667. The Bertz CT molecular complexity index is 462. The minimum absolute atomic E-state index is 0.905. The minimum Gasteiger partial charge on any atom is -0.342 e. The number of rotatable bonds is 7. The third-order valence-electron chi connectivity index (χ3n) is 4.30. The molecule has 0 atom stereocenters. The highest BCUT2D eigenvalue weighted by atomic mass is 15.4. The summed E-state index contributed by atoms with van der Waals surface area (Å²) >= 11 is 0. The van der Waals surface area contributed by atoms with Gasteiger partial charge in [0.1, 0.15) is 0 Å². The quantitative estimate of drug-likeness (QED) is 0.669. The van der Waals surface area contributed by atoms with Gasteiger partial charge in [0.25, 0.3) is 0 Å². The van der Waals surface area contributed by atoms with E-state index in [4.69, 9.17) is 9.98 Å². The van der Waals surface area contributed by atoms with Crippen LogP contribution in [0.15, 0.2) is 34.5 Å². The van der Waals surface area contributed by atoms with Crippen molar-refractivity contribution in [2.24, 2.45) is 9.98 Å². The van der Waals surface area contributed by atoms with Crippen LogP contribution in [0.4, 0.5) is 0 Å². The number of guanidine groups is 2. The van der Waals surface area contributed by atoms with Crippen LogP contribution >= 0.6 is 0 Å². The molecule has 0 fully saturated rings. The fourth-order valence-electron chi connectivity index (χ4n) is 2.96. The van der Waals surface area contributed by atoms with Crippen LogP contribution in [0.5, 0.6) is 0 Å². The third-order valence-corrected chi connectivity index (χ3v) is 4.30. The summed E-state index contributed by atoms with van der Waals surface area (Å²) in [4.78, 5) is 18.0. The predicted octanol–water partition coefficient (Wildman–Crippen LogP) is 2.04. The van der Waals surface area contributed by atoms with E-state index in [0.717, 1.165) is 50.9 Å². The molecule has 0 aromatic heterocycles. The SMILES string of the molecule is CN1C=CCN(C)C1=NCCCCCCN=C1N(C)C=CCN1C. The van der Waals surface area contributed by atoms with Gasteiger partial charge in [0.2, 0.25) is 0 Å². The van der Waals surface area contributed by atoms with Crippen LogP contribution in [-0.4, -0.2) is 85.9 Å². The van der Waals surface area contributed by atoms with Crippen molar-refractivity contribution in [3.63, 3.8) is 0 Å². The van der Waals surface area contributed by atoms with Crippen LogP contribution in [0.2, 0.25) is 0 Å². The molecule has 0 saturated carbocycles. The number of likely N-dealkylation sites (N-methyl/N-ethyl adjacent to an activating group) is 2. The number of aliphatic imine (C=N–C) groups is 2. The maximum Gasteiger partial charge on any atom is 0.200 e. The van der Waals surface area contributed by atoms with Crippen LogP contribution < -0.4 is 0 Å². The first-order chi connectivity index (χ1) is 11.6. The van der Waals surface area contributed by atoms with E-state index < -0.39 is 0 Å². The molecule has 0 spiro atoms. The molecule has 6 heteroatoms. The summed E-state index contributed by atoms with van der Waals surface area (Å²) in [6, 6.07) is 0. The average molecular weight is 332 g/mol. The zero-order valence-electron chi connectivity index (χ0n) is 15.6. The van der Waals surface area contributed by atoms with E-state index in [0.29, 0.717) is 0 Å². The van der Waals surface area contributed by atoms with E-state index in [1.165, 1.54) is 12.8 Å². The highest BCUT2D eigenvalue weighted by molar-refractivity contribution is 5.82. The summed E-state index contributed by atoms with van der Waals surface area (Å²) in [6.45, 7) is 3.70. The number of hydrogen-bond acceptors (Lipinski definition) is 2. The van der Waals surface area contributed by atoms with Crippen molar-refractivity contribution in [1.29, 1.82) is 0 Å². The van der Waals surface area contributed by atoms with Crippen LogP contribution in [0, 0.1) is 0 Å². The first-order valence-corrected chi connectivity index (χ1v) is 8.89. The van der Waals surface area contributed by atoms with Crippen LogP contribution in [0.3, 0.4) is 0 Å². The predicted molar refractivity (Wildman–Crippen MR) is 102 cm³/mol. The van der Waals surface area contributed by atoms with Crippen molar-refractivity contribution in [3.05, 3.63) is 24.6 Å². The van der Waals surface area contributed by atoms with Gasteiger partial charge in [-0.3, -0.25) is 9.98 Å². The molecule has 0 N–H and O–H groups in total.